The van der Waals surface area contributed by atoms with Gasteiger partial charge in [-0.05, 0) is 19.9 Å². The molecular formula is C6H15NO2. The van der Waals surface area contributed by atoms with Crippen LogP contribution in [0.15, 0.2) is 0 Å². The van der Waals surface area contributed by atoms with E-state index < -0.39 is 0 Å². The molecule has 0 aromatic heterocycles. The third-order valence-corrected chi connectivity index (χ3v) is 1.01. The Balaban J connectivity index is 2.95. The Morgan fingerprint density at radius 2 is 2.33 bits per heavy atom. The monoisotopic (exact) mass is 133 g/mol. The molecule has 1 atom stereocenters. The van der Waals surface area contributed by atoms with Gasteiger partial charge in [0.1, 0.15) is 13.0 Å². The summed E-state index contributed by atoms with van der Waals surface area (Å²) in [5.41, 5.74) is 0. The maximum Gasteiger partial charge on any atom is 0.145 e. The number of ether oxygens (including phenoxy) is 1. The summed E-state index contributed by atoms with van der Waals surface area (Å²) >= 11 is 0. The van der Waals surface area contributed by atoms with Crippen molar-refractivity contribution >= 4 is 0 Å². The summed E-state index contributed by atoms with van der Waals surface area (Å²) in [6, 6.07) is 0. The fourth-order valence-corrected chi connectivity index (χ4v) is 0.518. The summed E-state index contributed by atoms with van der Waals surface area (Å²) in [6.07, 6.45) is 1.05. The largest absolute Gasteiger partial charge is 0.371 e. The van der Waals surface area contributed by atoms with Crippen molar-refractivity contribution in [3.05, 3.63) is 0 Å². The smallest absolute Gasteiger partial charge is 0.145 e. The molecule has 0 aliphatic rings. The van der Waals surface area contributed by atoms with E-state index in [4.69, 9.17) is 9.84 Å². The highest BCUT2D eigenvalue weighted by molar-refractivity contribution is 4.44. The van der Waals surface area contributed by atoms with E-state index in [-0.39, 0.29) is 13.0 Å². The molecule has 9 heavy (non-hydrogen) atoms. The molecule has 0 heterocycles. The minimum Gasteiger partial charge on any atom is -0.371 e. The first-order valence-electron chi connectivity index (χ1n) is 3.27. The molecule has 0 saturated heterocycles. The minimum absolute atomic E-state index is 0.0325. The summed E-state index contributed by atoms with van der Waals surface area (Å²) in [6.45, 7) is 4.67. The molecule has 0 spiro atoms. The standard InChI is InChI=1S/C6H15NO2/c1-3-4-7-6(2)9-5-8/h6-8H,3-5H2,1-2H3. The van der Waals surface area contributed by atoms with E-state index in [1.807, 2.05) is 6.92 Å². The van der Waals surface area contributed by atoms with E-state index in [2.05, 4.69) is 12.2 Å². The summed E-state index contributed by atoms with van der Waals surface area (Å²) in [4.78, 5) is 0. The summed E-state index contributed by atoms with van der Waals surface area (Å²) < 4.78 is 4.79. The van der Waals surface area contributed by atoms with E-state index in [0.717, 1.165) is 13.0 Å². The molecule has 0 aliphatic heterocycles. The number of aliphatic hydroxyl groups is 1. The molecule has 0 aromatic carbocycles. The molecule has 0 radical (unpaired) electrons. The van der Waals surface area contributed by atoms with Crippen LogP contribution in [0.25, 0.3) is 0 Å². The zero-order valence-corrected chi connectivity index (χ0v) is 6.05. The molecule has 0 aromatic rings. The van der Waals surface area contributed by atoms with Gasteiger partial charge in [0.05, 0.1) is 0 Å². The van der Waals surface area contributed by atoms with Crippen LogP contribution in [0.1, 0.15) is 20.3 Å². The maximum absolute atomic E-state index is 8.27. The van der Waals surface area contributed by atoms with Gasteiger partial charge >= 0.3 is 0 Å². The molecule has 3 nitrogen and oxygen atoms in total. The summed E-state index contributed by atoms with van der Waals surface area (Å²) in [5, 5.41) is 11.3. The summed E-state index contributed by atoms with van der Waals surface area (Å²) in [7, 11) is 0. The SMILES string of the molecule is CCCNC(C)OCO. The Labute approximate surface area is 56.0 Å². The van der Waals surface area contributed by atoms with Gasteiger partial charge in [0.25, 0.3) is 0 Å². The average Bonchev–Trinajstić information content (AvgIpc) is 1.85. The Hall–Kier alpha value is -0.120. The van der Waals surface area contributed by atoms with Crippen LogP contribution in [0.5, 0.6) is 0 Å². The van der Waals surface area contributed by atoms with Crippen LogP contribution in [0.2, 0.25) is 0 Å². The second kappa shape index (κ2) is 6.01. The van der Waals surface area contributed by atoms with Gasteiger partial charge < -0.3 is 9.84 Å². The Bertz CT molecular complexity index is 59.0. The first-order valence-corrected chi connectivity index (χ1v) is 3.27. The Morgan fingerprint density at radius 1 is 1.67 bits per heavy atom. The van der Waals surface area contributed by atoms with Crippen LogP contribution in [0.4, 0.5) is 0 Å². The average molecular weight is 133 g/mol. The van der Waals surface area contributed by atoms with Crippen molar-refractivity contribution in [1.29, 1.82) is 0 Å². The lowest BCUT2D eigenvalue weighted by molar-refractivity contribution is -0.0549. The summed E-state index contributed by atoms with van der Waals surface area (Å²) in [5.74, 6) is 0. The van der Waals surface area contributed by atoms with E-state index >= 15 is 0 Å². The van der Waals surface area contributed by atoms with Gasteiger partial charge in [-0.2, -0.15) is 0 Å². The molecule has 1 unspecified atom stereocenters. The second-order valence-electron chi connectivity index (χ2n) is 1.89. The fraction of sp³-hybridized carbons (Fsp3) is 1.00. The van der Waals surface area contributed by atoms with Crippen LogP contribution in [0.3, 0.4) is 0 Å². The fourth-order valence-electron chi connectivity index (χ4n) is 0.518. The van der Waals surface area contributed by atoms with E-state index in [1.54, 1.807) is 0 Å². The number of hydrogen-bond acceptors (Lipinski definition) is 3. The topological polar surface area (TPSA) is 41.5 Å². The van der Waals surface area contributed by atoms with Crippen molar-refractivity contribution in [3.63, 3.8) is 0 Å². The molecule has 3 heteroatoms. The van der Waals surface area contributed by atoms with Crippen LogP contribution >= 0.6 is 0 Å². The van der Waals surface area contributed by atoms with Crippen molar-refractivity contribution in [1.82, 2.24) is 5.32 Å². The van der Waals surface area contributed by atoms with E-state index in [1.165, 1.54) is 0 Å². The highest BCUT2D eigenvalue weighted by Crippen LogP contribution is 1.82. The number of rotatable bonds is 5. The molecule has 0 bridgehead atoms. The normalized spacial score (nSPS) is 13.7. The lowest BCUT2D eigenvalue weighted by atomic mass is 10.5. The molecule has 0 rings (SSSR count). The zero-order chi connectivity index (χ0) is 7.11. The van der Waals surface area contributed by atoms with E-state index in [9.17, 15) is 0 Å². The Morgan fingerprint density at radius 3 is 2.78 bits per heavy atom. The lowest BCUT2D eigenvalue weighted by Gasteiger charge is -2.11. The number of nitrogens with one attached hydrogen (secondary N) is 1. The molecular weight excluding hydrogens is 118 g/mol. The predicted molar refractivity (Wildman–Crippen MR) is 35.9 cm³/mol. The molecule has 0 saturated carbocycles. The van der Waals surface area contributed by atoms with Crippen molar-refractivity contribution in [2.24, 2.45) is 0 Å². The molecule has 2 N–H and O–H groups in total. The van der Waals surface area contributed by atoms with Gasteiger partial charge in [0.2, 0.25) is 0 Å². The van der Waals surface area contributed by atoms with Gasteiger partial charge in [-0.3, -0.25) is 5.32 Å². The molecule has 56 valence electrons. The van der Waals surface area contributed by atoms with Crippen LogP contribution in [-0.4, -0.2) is 24.7 Å². The minimum atomic E-state index is -0.210. The van der Waals surface area contributed by atoms with Crippen LogP contribution in [0, 0.1) is 0 Å². The first-order chi connectivity index (χ1) is 4.31. The van der Waals surface area contributed by atoms with Crippen molar-refractivity contribution in [2.75, 3.05) is 13.3 Å². The van der Waals surface area contributed by atoms with Crippen LogP contribution in [-0.2, 0) is 4.74 Å². The van der Waals surface area contributed by atoms with Crippen molar-refractivity contribution in [2.45, 2.75) is 26.5 Å². The van der Waals surface area contributed by atoms with Gasteiger partial charge in [-0.25, -0.2) is 0 Å². The van der Waals surface area contributed by atoms with Crippen LogP contribution < -0.4 is 5.32 Å². The molecule has 0 amide bonds. The highest BCUT2D eigenvalue weighted by atomic mass is 16.6. The molecule has 0 fully saturated rings. The lowest BCUT2D eigenvalue weighted by Crippen LogP contribution is -2.29. The first kappa shape index (κ1) is 8.88. The predicted octanol–water partition coefficient (Wildman–Crippen LogP) is 0.298. The number of aliphatic hydroxyl groups excluding tert-OH is 1. The third kappa shape index (κ3) is 5.76. The maximum atomic E-state index is 8.27. The van der Waals surface area contributed by atoms with Gasteiger partial charge in [-0.15, -0.1) is 0 Å². The quantitative estimate of drug-likeness (QED) is 0.530. The van der Waals surface area contributed by atoms with Gasteiger partial charge in [-0.1, -0.05) is 6.92 Å². The van der Waals surface area contributed by atoms with Gasteiger partial charge in [0, 0.05) is 0 Å². The van der Waals surface area contributed by atoms with Gasteiger partial charge in [0.15, 0.2) is 0 Å². The van der Waals surface area contributed by atoms with Crippen molar-refractivity contribution < 1.29 is 9.84 Å². The molecule has 0 aliphatic carbocycles. The third-order valence-electron chi connectivity index (χ3n) is 1.01. The second-order valence-corrected chi connectivity index (χ2v) is 1.89. The zero-order valence-electron chi connectivity index (χ0n) is 6.05. The van der Waals surface area contributed by atoms with E-state index in [0.29, 0.717) is 0 Å². The highest BCUT2D eigenvalue weighted by Gasteiger charge is 1.95. The Kier molecular flexibility index (Phi) is 5.93. The van der Waals surface area contributed by atoms with Crippen molar-refractivity contribution in [3.8, 4) is 0 Å². The number of hydrogen-bond donors (Lipinski definition) is 2.